The Morgan fingerprint density at radius 1 is 1.15 bits per heavy atom. The molecule has 0 radical (unpaired) electrons. The zero-order valence-corrected chi connectivity index (χ0v) is 12.4. The molecular formula is C15H24F2N2O. The van der Waals surface area contributed by atoms with Gasteiger partial charge in [-0.2, -0.15) is 0 Å². The van der Waals surface area contributed by atoms with Crippen LogP contribution in [0.25, 0.3) is 0 Å². The van der Waals surface area contributed by atoms with Gasteiger partial charge in [0.1, 0.15) is 0 Å². The van der Waals surface area contributed by atoms with E-state index in [1.165, 1.54) is 12.1 Å². The Morgan fingerprint density at radius 2 is 1.70 bits per heavy atom. The van der Waals surface area contributed by atoms with Crippen LogP contribution in [0.15, 0.2) is 24.3 Å². The van der Waals surface area contributed by atoms with Crippen molar-refractivity contribution in [3.05, 3.63) is 35.4 Å². The first-order valence-corrected chi connectivity index (χ1v) is 6.84. The second kappa shape index (κ2) is 8.29. The van der Waals surface area contributed by atoms with Gasteiger partial charge in [-0.3, -0.25) is 4.90 Å². The maximum Gasteiger partial charge on any atom is 0.263 e. The molecule has 0 fully saturated rings. The third kappa shape index (κ3) is 4.51. The summed E-state index contributed by atoms with van der Waals surface area (Å²) in [5.41, 5.74) is 6.88. The van der Waals surface area contributed by atoms with Crippen LogP contribution < -0.4 is 5.73 Å². The molecule has 114 valence electrons. The smallest absolute Gasteiger partial charge is 0.263 e. The Labute approximate surface area is 119 Å². The van der Waals surface area contributed by atoms with Crippen LogP contribution in [0.3, 0.4) is 0 Å². The molecule has 2 N–H and O–H groups in total. The van der Waals surface area contributed by atoms with Crippen LogP contribution in [-0.4, -0.2) is 37.7 Å². The molecule has 1 unspecified atom stereocenters. The Hall–Kier alpha value is -1.04. The van der Waals surface area contributed by atoms with Crippen LogP contribution in [-0.2, 0) is 4.74 Å². The van der Waals surface area contributed by atoms with E-state index in [0.717, 1.165) is 12.1 Å². The zero-order valence-electron chi connectivity index (χ0n) is 12.4. The first-order valence-electron chi connectivity index (χ1n) is 6.84. The fourth-order valence-electron chi connectivity index (χ4n) is 2.30. The van der Waals surface area contributed by atoms with Crippen molar-refractivity contribution in [1.82, 2.24) is 4.90 Å². The van der Waals surface area contributed by atoms with E-state index >= 15 is 0 Å². The van der Waals surface area contributed by atoms with Crippen LogP contribution in [0.2, 0.25) is 0 Å². The van der Waals surface area contributed by atoms with Gasteiger partial charge >= 0.3 is 0 Å². The quantitative estimate of drug-likeness (QED) is 0.798. The summed E-state index contributed by atoms with van der Waals surface area (Å²) in [4.78, 5) is 2.22. The Balaban J connectivity index is 2.91. The second-order valence-corrected chi connectivity index (χ2v) is 5.04. The number of halogens is 2. The molecule has 3 nitrogen and oxygen atoms in total. The monoisotopic (exact) mass is 286 g/mol. The van der Waals surface area contributed by atoms with Gasteiger partial charge in [0, 0.05) is 37.8 Å². The molecule has 0 saturated heterocycles. The molecule has 0 aliphatic heterocycles. The van der Waals surface area contributed by atoms with Crippen molar-refractivity contribution >= 4 is 0 Å². The number of hydrogen-bond acceptors (Lipinski definition) is 3. The molecule has 1 atom stereocenters. The van der Waals surface area contributed by atoms with Gasteiger partial charge in [-0.1, -0.05) is 24.3 Å². The van der Waals surface area contributed by atoms with E-state index in [0.29, 0.717) is 19.2 Å². The largest absolute Gasteiger partial charge is 0.383 e. The van der Waals surface area contributed by atoms with E-state index in [-0.39, 0.29) is 11.6 Å². The lowest BCUT2D eigenvalue weighted by molar-refractivity contribution is 0.0979. The number of methoxy groups -OCH3 is 1. The van der Waals surface area contributed by atoms with Crippen LogP contribution in [0.5, 0.6) is 0 Å². The van der Waals surface area contributed by atoms with Gasteiger partial charge in [0.2, 0.25) is 0 Å². The highest BCUT2D eigenvalue weighted by atomic mass is 19.3. The number of ether oxygens (including phenoxy) is 1. The van der Waals surface area contributed by atoms with E-state index in [1.807, 2.05) is 0 Å². The third-order valence-electron chi connectivity index (χ3n) is 3.41. The minimum atomic E-state index is -2.44. The normalized spacial score (nSPS) is 13.4. The minimum absolute atomic E-state index is 0.0110. The van der Waals surface area contributed by atoms with Crippen molar-refractivity contribution in [2.75, 3.05) is 26.8 Å². The highest BCUT2D eigenvalue weighted by Crippen LogP contribution is 2.25. The van der Waals surface area contributed by atoms with Gasteiger partial charge < -0.3 is 10.5 Å². The Bertz CT molecular complexity index is 382. The fraction of sp³-hybridized carbons (Fsp3) is 0.600. The molecule has 0 bridgehead atoms. The van der Waals surface area contributed by atoms with Crippen LogP contribution in [0.1, 0.15) is 37.4 Å². The van der Waals surface area contributed by atoms with Crippen molar-refractivity contribution in [1.29, 1.82) is 0 Å². The summed E-state index contributed by atoms with van der Waals surface area (Å²) in [7, 11) is 1.66. The summed E-state index contributed by atoms with van der Waals surface area (Å²) >= 11 is 0. The number of alkyl halides is 2. The van der Waals surface area contributed by atoms with Crippen LogP contribution in [0.4, 0.5) is 8.78 Å². The number of rotatable bonds is 8. The number of nitrogens with two attached hydrogens (primary N) is 1. The van der Waals surface area contributed by atoms with Gasteiger partial charge in [0.05, 0.1) is 6.61 Å². The predicted molar refractivity (Wildman–Crippen MR) is 76.9 cm³/mol. The third-order valence-corrected chi connectivity index (χ3v) is 3.41. The predicted octanol–water partition coefficient (Wildman–Crippen LogP) is 2.98. The van der Waals surface area contributed by atoms with Crippen molar-refractivity contribution in [2.45, 2.75) is 32.4 Å². The van der Waals surface area contributed by atoms with E-state index in [4.69, 9.17) is 10.5 Å². The van der Waals surface area contributed by atoms with E-state index in [2.05, 4.69) is 18.7 Å². The molecule has 0 aliphatic rings. The van der Waals surface area contributed by atoms with Crippen LogP contribution >= 0.6 is 0 Å². The molecule has 0 heterocycles. The van der Waals surface area contributed by atoms with Crippen molar-refractivity contribution in [3.8, 4) is 0 Å². The zero-order chi connectivity index (χ0) is 15.1. The maximum atomic E-state index is 12.6. The van der Waals surface area contributed by atoms with Gasteiger partial charge in [-0.25, -0.2) is 8.78 Å². The van der Waals surface area contributed by atoms with Gasteiger partial charge in [0.15, 0.2) is 0 Å². The van der Waals surface area contributed by atoms with E-state index in [1.54, 1.807) is 19.2 Å². The highest BCUT2D eigenvalue weighted by molar-refractivity contribution is 5.26. The molecule has 0 aliphatic carbocycles. The lowest BCUT2D eigenvalue weighted by Crippen LogP contribution is -2.40. The van der Waals surface area contributed by atoms with Crippen molar-refractivity contribution in [2.24, 2.45) is 5.73 Å². The number of benzene rings is 1. The molecule has 20 heavy (non-hydrogen) atoms. The molecule has 0 amide bonds. The highest BCUT2D eigenvalue weighted by Gasteiger charge is 2.21. The molecule has 0 spiro atoms. The lowest BCUT2D eigenvalue weighted by Gasteiger charge is -2.34. The average molecular weight is 286 g/mol. The number of hydrogen-bond donors (Lipinski definition) is 1. The summed E-state index contributed by atoms with van der Waals surface area (Å²) in [6, 6.07) is 6.72. The van der Waals surface area contributed by atoms with E-state index < -0.39 is 6.43 Å². The summed E-state index contributed by atoms with van der Waals surface area (Å²) in [6.07, 6.45) is -2.44. The molecule has 1 aromatic rings. The number of nitrogens with zero attached hydrogens (tertiary/aromatic N) is 1. The van der Waals surface area contributed by atoms with Gasteiger partial charge in [0.25, 0.3) is 6.43 Å². The molecule has 1 rings (SSSR count). The first kappa shape index (κ1) is 17.0. The first-order chi connectivity index (χ1) is 9.51. The Kier molecular flexibility index (Phi) is 7.05. The summed E-state index contributed by atoms with van der Waals surface area (Å²) < 4.78 is 30.3. The topological polar surface area (TPSA) is 38.5 Å². The average Bonchev–Trinajstić information content (AvgIpc) is 2.43. The molecular weight excluding hydrogens is 262 g/mol. The molecule has 0 aromatic heterocycles. The Morgan fingerprint density at radius 3 is 2.10 bits per heavy atom. The van der Waals surface area contributed by atoms with Crippen molar-refractivity contribution in [3.63, 3.8) is 0 Å². The van der Waals surface area contributed by atoms with E-state index in [9.17, 15) is 8.78 Å². The second-order valence-electron chi connectivity index (χ2n) is 5.04. The summed E-state index contributed by atoms with van der Waals surface area (Å²) in [5.74, 6) is 0. The molecule has 5 heteroatoms. The van der Waals surface area contributed by atoms with Gasteiger partial charge in [-0.05, 0) is 19.4 Å². The summed E-state index contributed by atoms with van der Waals surface area (Å²) in [6.45, 7) is 5.99. The standard InChI is InChI=1S/C15H24F2N2O/c1-11(2)19(8-9-20-3)14(10-18)12-4-6-13(7-5-12)15(16)17/h4-7,11,14-15H,8-10,18H2,1-3H3. The molecule has 1 aromatic carbocycles. The maximum absolute atomic E-state index is 12.6. The van der Waals surface area contributed by atoms with Crippen molar-refractivity contribution < 1.29 is 13.5 Å². The minimum Gasteiger partial charge on any atom is -0.383 e. The summed E-state index contributed by atoms with van der Waals surface area (Å²) in [5, 5.41) is 0. The van der Waals surface area contributed by atoms with Gasteiger partial charge in [-0.15, -0.1) is 0 Å². The fourth-order valence-corrected chi connectivity index (χ4v) is 2.30. The SMILES string of the molecule is COCCN(C(C)C)C(CN)c1ccc(C(F)F)cc1. The van der Waals surface area contributed by atoms with Crippen LogP contribution in [0, 0.1) is 0 Å². The molecule has 0 saturated carbocycles. The lowest BCUT2D eigenvalue weighted by atomic mass is 10.0.